The summed E-state index contributed by atoms with van der Waals surface area (Å²) in [4.78, 5) is 14.5. The molecule has 0 aliphatic carbocycles. The molecule has 1 aromatic carbocycles. The van der Waals surface area contributed by atoms with Crippen LogP contribution in [0.1, 0.15) is 13.3 Å². The fraction of sp³-hybridized carbons (Fsp3) is 0.333. The monoisotopic (exact) mass is 249 g/mol. The number of hydrogen-bond acceptors (Lipinski definition) is 2. The van der Waals surface area contributed by atoms with Crippen LogP contribution in [-0.4, -0.2) is 22.0 Å². The lowest BCUT2D eigenvalue weighted by Crippen LogP contribution is -2.23. The van der Waals surface area contributed by atoms with E-state index in [9.17, 15) is 4.79 Å². The van der Waals surface area contributed by atoms with Crippen molar-refractivity contribution < 1.29 is 4.79 Å². The molecule has 17 heavy (non-hydrogen) atoms. The van der Waals surface area contributed by atoms with Gasteiger partial charge >= 0.3 is 0 Å². The van der Waals surface area contributed by atoms with E-state index in [2.05, 4.69) is 10.3 Å². The highest BCUT2D eigenvalue weighted by Crippen LogP contribution is 2.13. The van der Waals surface area contributed by atoms with Crippen LogP contribution in [0.2, 0.25) is 0 Å². The average Bonchev–Trinajstić information content (AvgIpc) is 2.62. The summed E-state index contributed by atoms with van der Waals surface area (Å²) in [7, 11) is 0. The van der Waals surface area contributed by atoms with Gasteiger partial charge in [0.15, 0.2) is 4.77 Å². The third-order valence-electron chi connectivity index (χ3n) is 2.62. The minimum absolute atomic E-state index is 0.0553. The number of nitrogens with one attached hydrogen (secondary N) is 2. The molecule has 1 aromatic heterocycles. The third kappa shape index (κ3) is 2.55. The molecule has 0 saturated carbocycles. The minimum Gasteiger partial charge on any atom is -0.356 e. The van der Waals surface area contributed by atoms with Gasteiger partial charge in [-0.1, -0.05) is 12.1 Å². The Balaban J connectivity index is 2.21. The zero-order valence-electron chi connectivity index (χ0n) is 9.69. The van der Waals surface area contributed by atoms with E-state index in [-0.39, 0.29) is 5.91 Å². The van der Waals surface area contributed by atoms with Crippen molar-refractivity contribution in [2.24, 2.45) is 0 Å². The number of aryl methyl sites for hydroxylation is 1. The van der Waals surface area contributed by atoms with Crippen molar-refractivity contribution in [2.45, 2.75) is 19.9 Å². The summed E-state index contributed by atoms with van der Waals surface area (Å²) in [6, 6.07) is 7.91. The summed E-state index contributed by atoms with van der Waals surface area (Å²) >= 11 is 5.25. The smallest absolute Gasteiger partial charge is 0.221 e. The van der Waals surface area contributed by atoms with Gasteiger partial charge in [0, 0.05) is 19.5 Å². The summed E-state index contributed by atoms with van der Waals surface area (Å²) in [5.41, 5.74) is 2.05. The standard InChI is InChI=1S/C12H15N3OS/c1-2-13-11(16)7-8-15-10-6-4-3-5-9(10)14-12(15)17/h3-6H,2,7-8H2,1H3,(H,13,16)(H,14,17). The first kappa shape index (κ1) is 11.9. The number of rotatable bonds is 4. The molecular formula is C12H15N3OS. The lowest BCUT2D eigenvalue weighted by Gasteiger charge is -2.04. The van der Waals surface area contributed by atoms with Crippen LogP contribution >= 0.6 is 12.2 Å². The van der Waals surface area contributed by atoms with Crippen LogP contribution in [0.3, 0.4) is 0 Å². The quantitative estimate of drug-likeness (QED) is 0.816. The number of para-hydroxylation sites is 2. The largest absolute Gasteiger partial charge is 0.356 e. The van der Waals surface area contributed by atoms with Crippen LogP contribution in [-0.2, 0) is 11.3 Å². The van der Waals surface area contributed by atoms with Crippen molar-refractivity contribution >= 4 is 29.2 Å². The zero-order valence-corrected chi connectivity index (χ0v) is 10.5. The highest BCUT2D eigenvalue weighted by atomic mass is 32.1. The Bertz CT molecular complexity index is 585. The van der Waals surface area contributed by atoms with Crippen LogP contribution in [0.25, 0.3) is 11.0 Å². The molecule has 0 fully saturated rings. The summed E-state index contributed by atoms with van der Waals surface area (Å²) in [5.74, 6) is 0.0553. The van der Waals surface area contributed by atoms with Gasteiger partial charge in [0.2, 0.25) is 5.91 Å². The molecule has 0 radical (unpaired) electrons. The molecule has 2 aromatic rings. The first-order chi connectivity index (χ1) is 8.22. The van der Waals surface area contributed by atoms with Gasteiger partial charge in [0.25, 0.3) is 0 Å². The molecule has 5 heteroatoms. The summed E-state index contributed by atoms with van der Waals surface area (Å²) < 4.78 is 2.62. The highest BCUT2D eigenvalue weighted by molar-refractivity contribution is 7.71. The number of carbonyl (C=O) groups is 1. The number of aromatic amines is 1. The SMILES string of the molecule is CCNC(=O)CCn1c(=S)[nH]c2ccccc21. The Hall–Kier alpha value is -1.62. The zero-order chi connectivity index (χ0) is 12.3. The molecule has 0 aliphatic heterocycles. The normalized spacial score (nSPS) is 10.6. The number of carbonyl (C=O) groups excluding carboxylic acids is 1. The maximum atomic E-state index is 11.4. The number of amides is 1. The van der Waals surface area contributed by atoms with E-state index in [1.165, 1.54) is 0 Å². The Morgan fingerprint density at radius 1 is 1.47 bits per heavy atom. The third-order valence-corrected chi connectivity index (χ3v) is 2.94. The Morgan fingerprint density at radius 3 is 3.00 bits per heavy atom. The van der Waals surface area contributed by atoms with Gasteiger partial charge in [0.1, 0.15) is 0 Å². The molecule has 1 amide bonds. The molecule has 4 nitrogen and oxygen atoms in total. The molecule has 0 saturated heterocycles. The molecule has 90 valence electrons. The second kappa shape index (κ2) is 5.14. The van der Waals surface area contributed by atoms with Crippen molar-refractivity contribution in [3.05, 3.63) is 29.0 Å². The van der Waals surface area contributed by atoms with Crippen LogP contribution in [0.5, 0.6) is 0 Å². The van der Waals surface area contributed by atoms with Gasteiger partial charge in [-0.15, -0.1) is 0 Å². The van der Waals surface area contributed by atoms with Crippen molar-refractivity contribution in [3.63, 3.8) is 0 Å². The van der Waals surface area contributed by atoms with Gasteiger partial charge in [-0.25, -0.2) is 0 Å². The maximum Gasteiger partial charge on any atom is 0.221 e. The first-order valence-corrected chi connectivity index (χ1v) is 6.07. The van der Waals surface area contributed by atoms with E-state index >= 15 is 0 Å². The number of benzene rings is 1. The lowest BCUT2D eigenvalue weighted by molar-refractivity contribution is -0.121. The van der Waals surface area contributed by atoms with Crippen molar-refractivity contribution in [1.29, 1.82) is 0 Å². The van der Waals surface area contributed by atoms with Crippen LogP contribution in [0, 0.1) is 4.77 Å². The molecule has 2 N–H and O–H groups in total. The number of H-pyrrole nitrogens is 1. The van der Waals surface area contributed by atoms with Crippen LogP contribution < -0.4 is 5.32 Å². The van der Waals surface area contributed by atoms with Gasteiger partial charge in [-0.3, -0.25) is 4.79 Å². The Morgan fingerprint density at radius 2 is 2.24 bits per heavy atom. The van der Waals surface area contributed by atoms with Crippen molar-refractivity contribution in [3.8, 4) is 0 Å². The number of hydrogen-bond donors (Lipinski definition) is 2. The molecule has 0 atom stereocenters. The molecular weight excluding hydrogens is 234 g/mol. The molecule has 1 heterocycles. The predicted molar refractivity (Wildman–Crippen MR) is 70.4 cm³/mol. The van der Waals surface area contributed by atoms with E-state index in [0.717, 1.165) is 11.0 Å². The number of fused-ring (bicyclic) bond motifs is 1. The van der Waals surface area contributed by atoms with Crippen molar-refractivity contribution in [1.82, 2.24) is 14.9 Å². The fourth-order valence-electron chi connectivity index (χ4n) is 1.83. The van der Waals surface area contributed by atoms with Gasteiger partial charge in [0.05, 0.1) is 11.0 Å². The minimum atomic E-state index is 0.0553. The fourth-order valence-corrected chi connectivity index (χ4v) is 2.13. The molecule has 0 spiro atoms. The predicted octanol–water partition coefficient (Wildman–Crippen LogP) is 2.23. The number of aromatic nitrogens is 2. The molecule has 0 unspecified atom stereocenters. The Kier molecular flexibility index (Phi) is 3.58. The first-order valence-electron chi connectivity index (χ1n) is 5.66. The molecule has 2 rings (SSSR count). The van der Waals surface area contributed by atoms with Crippen molar-refractivity contribution in [2.75, 3.05) is 6.54 Å². The maximum absolute atomic E-state index is 11.4. The highest BCUT2D eigenvalue weighted by Gasteiger charge is 2.05. The van der Waals surface area contributed by atoms with Gasteiger partial charge < -0.3 is 14.9 Å². The van der Waals surface area contributed by atoms with E-state index in [1.54, 1.807) is 0 Å². The van der Waals surface area contributed by atoms with E-state index in [4.69, 9.17) is 12.2 Å². The summed E-state index contributed by atoms with van der Waals surface area (Å²) in [6.07, 6.45) is 0.448. The topological polar surface area (TPSA) is 49.8 Å². The van der Waals surface area contributed by atoms with E-state index in [0.29, 0.717) is 24.3 Å². The summed E-state index contributed by atoms with van der Waals surface area (Å²) in [6.45, 7) is 3.18. The second-order valence-electron chi connectivity index (χ2n) is 3.80. The number of nitrogens with zero attached hydrogens (tertiary/aromatic N) is 1. The molecule has 0 aliphatic rings. The Labute approximate surface area is 105 Å². The number of imidazole rings is 1. The van der Waals surface area contributed by atoms with E-state index in [1.807, 2.05) is 35.8 Å². The lowest BCUT2D eigenvalue weighted by atomic mass is 10.3. The second-order valence-corrected chi connectivity index (χ2v) is 4.19. The average molecular weight is 249 g/mol. The van der Waals surface area contributed by atoms with Crippen LogP contribution in [0.4, 0.5) is 0 Å². The molecule has 0 bridgehead atoms. The summed E-state index contributed by atoms with van der Waals surface area (Å²) in [5, 5.41) is 2.78. The van der Waals surface area contributed by atoms with E-state index < -0.39 is 0 Å². The van der Waals surface area contributed by atoms with Gasteiger partial charge in [-0.2, -0.15) is 0 Å². The van der Waals surface area contributed by atoms with Crippen LogP contribution in [0.15, 0.2) is 24.3 Å². The van der Waals surface area contributed by atoms with Gasteiger partial charge in [-0.05, 0) is 31.3 Å².